The van der Waals surface area contributed by atoms with Crippen LogP contribution in [0.4, 0.5) is 4.79 Å². The minimum Gasteiger partial charge on any atom is -0.420 e. The van der Waals surface area contributed by atoms with Gasteiger partial charge in [-0.05, 0) is 18.8 Å². The third-order valence-electron chi connectivity index (χ3n) is 1.44. The van der Waals surface area contributed by atoms with Crippen molar-refractivity contribution in [3.8, 4) is 0 Å². The Morgan fingerprint density at radius 2 is 2.09 bits per heavy atom. The van der Waals surface area contributed by atoms with Crippen LogP contribution >= 0.6 is 0 Å². The van der Waals surface area contributed by atoms with E-state index >= 15 is 0 Å². The molecule has 0 spiro atoms. The van der Waals surface area contributed by atoms with E-state index < -0.39 is 6.09 Å². The fourth-order valence-electron chi connectivity index (χ4n) is 0.841. The molecule has 0 aromatic carbocycles. The number of unbranched alkanes of at least 4 members (excludes halogenated alkanes) is 1. The molecular formula is C8H18NO2+. The second-order valence-electron chi connectivity index (χ2n) is 3.11. The largest absolute Gasteiger partial charge is 0.511 e. The van der Waals surface area contributed by atoms with Crippen molar-refractivity contribution in [1.82, 2.24) is 0 Å². The molecule has 3 heteroatoms. The van der Waals surface area contributed by atoms with Gasteiger partial charge in [0.15, 0.2) is 0 Å². The lowest BCUT2D eigenvalue weighted by molar-refractivity contribution is -0.282. The van der Waals surface area contributed by atoms with Gasteiger partial charge in [-0.1, -0.05) is 20.3 Å². The standard InChI is InChI=1S/C8H17NO2/c1-7(2)5-3-4-6-11-8(9)10/h7H,3-6H2,1-2H3,(H2,9,10)/p+1. The average Bonchev–Trinajstić information content (AvgIpc) is 1.85. The lowest BCUT2D eigenvalue weighted by Gasteiger charge is -2.02. The average molecular weight is 160 g/mol. The monoisotopic (exact) mass is 160 g/mol. The number of carbonyl (C=O) groups excluding carboxylic acids is 1. The van der Waals surface area contributed by atoms with Crippen molar-refractivity contribution in [3.05, 3.63) is 0 Å². The van der Waals surface area contributed by atoms with Gasteiger partial charge in [0.25, 0.3) is 0 Å². The third kappa shape index (κ3) is 9.43. The van der Waals surface area contributed by atoms with Crippen LogP contribution in [-0.2, 0) is 4.74 Å². The molecule has 0 saturated carbocycles. The van der Waals surface area contributed by atoms with Crippen LogP contribution < -0.4 is 5.73 Å². The van der Waals surface area contributed by atoms with Crippen molar-refractivity contribution < 1.29 is 15.3 Å². The van der Waals surface area contributed by atoms with Gasteiger partial charge in [0, 0.05) is 0 Å². The Labute approximate surface area is 67.9 Å². The van der Waals surface area contributed by atoms with E-state index in [0.717, 1.165) is 18.8 Å². The van der Waals surface area contributed by atoms with Crippen LogP contribution in [0.1, 0.15) is 33.1 Å². The minimum absolute atomic E-state index is 0.422. The van der Waals surface area contributed by atoms with E-state index in [2.05, 4.69) is 24.3 Å². The summed E-state index contributed by atoms with van der Waals surface area (Å²) in [5.74, 6) is 0.741. The Balaban J connectivity index is 2.97. The topological polar surface area (TPSA) is 53.9 Å². The molecule has 11 heavy (non-hydrogen) atoms. The van der Waals surface area contributed by atoms with Gasteiger partial charge in [0.2, 0.25) is 0 Å². The fourth-order valence-corrected chi connectivity index (χ4v) is 0.841. The smallest absolute Gasteiger partial charge is 0.420 e. The van der Waals surface area contributed by atoms with Crippen LogP contribution in [0.3, 0.4) is 0 Å². The molecule has 66 valence electrons. The van der Waals surface area contributed by atoms with Crippen LogP contribution in [0.2, 0.25) is 0 Å². The van der Waals surface area contributed by atoms with Crippen molar-refractivity contribution >= 4 is 6.09 Å². The molecule has 0 aliphatic carbocycles. The van der Waals surface area contributed by atoms with Gasteiger partial charge in [0.1, 0.15) is 0 Å². The van der Waals surface area contributed by atoms with Crippen molar-refractivity contribution in [3.63, 3.8) is 0 Å². The van der Waals surface area contributed by atoms with E-state index in [4.69, 9.17) is 0 Å². The van der Waals surface area contributed by atoms with Crippen molar-refractivity contribution in [2.45, 2.75) is 33.1 Å². The number of hydrogen-bond acceptors (Lipinski definition) is 2. The van der Waals surface area contributed by atoms with Gasteiger partial charge >= 0.3 is 6.09 Å². The molecule has 1 amide bonds. The lowest BCUT2D eigenvalue weighted by atomic mass is 10.1. The molecule has 0 aliphatic rings. The summed E-state index contributed by atoms with van der Waals surface area (Å²) in [6.07, 6.45) is 2.87. The first-order valence-electron chi connectivity index (χ1n) is 4.11. The molecule has 0 aliphatic heterocycles. The highest BCUT2D eigenvalue weighted by Crippen LogP contribution is 2.05. The molecule has 0 unspecified atom stereocenters. The maximum Gasteiger partial charge on any atom is 0.511 e. The van der Waals surface area contributed by atoms with Gasteiger partial charge in [-0.3, -0.25) is 5.73 Å². The quantitative estimate of drug-likeness (QED) is 0.614. The highest BCUT2D eigenvalue weighted by molar-refractivity contribution is 5.53. The molecule has 3 N–H and O–H groups in total. The molecule has 3 nitrogen and oxygen atoms in total. The number of ether oxygens (including phenoxy) is 1. The van der Waals surface area contributed by atoms with Crippen LogP contribution in [-0.4, -0.2) is 12.7 Å². The Morgan fingerprint density at radius 3 is 2.55 bits per heavy atom. The van der Waals surface area contributed by atoms with Crippen molar-refractivity contribution in [2.24, 2.45) is 5.92 Å². The summed E-state index contributed by atoms with van der Waals surface area (Å²) >= 11 is 0. The number of quaternary nitrogens is 1. The summed E-state index contributed by atoms with van der Waals surface area (Å²) < 4.78 is 4.67. The van der Waals surface area contributed by atoms with Crippen LogP contribution in [0.5, 0.6) is 0 Å². The molecule has 0 radical (unpaired) electrons. The highest BCUT2D eigenvalue weighted by Gasteiger charge is 1.97. The Hall–Kier alpha value is -0.570. The first kappa shape index (κ1) is 10.4. The van der Waals surface area contributed by atoms with E-state index in [1.807, 2.05) is 0 Å². The zero-order valence-corrected chi connectivity index (χ0v) is 7.43. The maximum absolute atomic E-state index is 10.2. The van der Waals surface area contributed by atoms with Gasteiger partial charge in [0.05, 0.1) is 6.61 Å². The summed E-state index contributed by atoms with van der Waals surface area (Å²) in [5.41, 5.74) is 3.11. The van der Waals surface area contributed by atoms with Crippen LogP contribution in [0, 0.1) is 5.92 Å². The highest BCUT2D eigenvalue weighted by atomic mass is 16.5. The van der Waals surface area contributed by atoms with E-state index in [1.165, 1.54) is 6.42 Å². The molecule has 0 aromatic heterocycles. The Bertz CT molecular complexity index is 113. The predicted octanol–water partition coefficient (Wildman–Crippen LogP) is 1.19. The van der Waals surface area contributed by atoms with Gasteiger partial charge in [-0.15, -0.1) is 0 Å². The molecule has 0 heterocycles. The third-order valence-corrected chi connectivity index (χ3v) is 1.44. The van der Waals surface area contributed by atoms with Gasteiger partial charge in [-0.2, -0.15) is 4.79 Å². The number of hydrogen-bond donors (Lipinski definition) is 1. The van der Waals surface area contributed by atoms with Gasteiger partial charge < -0.3 is 4.74 Å². The normalized spacial score (nSPS) is 10.2. The summed E-state index contributed by atoms with van der Waals surface area (Å²) in [7, 11) is 0. The van der Waals surface area contributed by atoms with Crippen molar-refractivity contribution in [1.29, 1.82) is 0 Å². The Kier molecular flexibility index (Phi) is 5.84. The second kappa shape index (κ2) is 6.16. The Morgan fingerprint density at radius 1 is 1.45 bits per heavy atom. The van der Waals surface area contributed by atoms with Gasteiger partial charge in [-0.25, -0.2) is 0 Å². The lowest BCUT2D eigenvalue weighted by Crippen LogP contribution is -2.57. The van der Waals surface area contributed by atoms with Crippen LogP contribution in [0.25, 0.3) is 0 Å². The molecule has 0 rings (SSSR count). The van der Waals surface area contributed by atoms with E-state index in [-0.39, 0.29) is 0 Å². The molecule has 0 atom stereocenters. The maximum atomic E-state index is 10.2. The van der Waals surface area contributed by atoms with E-state index in [9.17, 15) is 4.79 Å². The minimum atomic E-state index is -0.422. The predicted molar refractivity (Wildman–Crippen MR) is 42.9 cm³/mol. The first-order chi connectivity index (χ1) is 5.13. The first-order valence-corrected chi connectivity index (χ1v) is 4.11. The summed E-state index contributed by atoms with van der Waals surface area (Å²) in [5, 5.41) is 0. The summed E-state index contributed by atoms with van der Waals surface area (Å²) in [4.78, 5) is 10.2. The van der Waals surface area contributed by atoms with Crippen LogP contribution in [0.15, 0.2) is 0 Å². The second-order valence-corrected chi connectivity index (χ2v) is 3.11. The summed E-state index contributed by atoms with van der Waals surface area (Å²) in [6.45, 7) is 4.90. The fraction of sp³-hybridized carbons (Fsp3) is 0.875. The molecule has 0 saturated heterocycles. The zero-order chi connectivity index (χ0) is 8.69. The van der Waals surface area contributed by atoms with E-state index in [1.54, 1.807) is 0 Å². The van der Waals surface area contributed by atoms with E-state index in [0.29, 0.717) is 6.61 Å². The molecule has 0 bridgehead atoms. The molecule has 0 fully saturated rings. The zero-order valence-electron chi connectivity index (χ0n) is 7.43. The molecule has 0 aromatic rings. The number of rotatable bonds is 5. The van der Waals surface area contributed by atoms with Crippen molar-refractivity contribution in [2.75, 3.05) is 6.61 Å². The molecular weight excluding hydrogens is 142 g/mol. The SMILES string of the molecule is CC(C)CCCCOC([NH3+])=O. The number of amides is 1. The summed E-state index contributed by atoms with van der Waals surface area (Å²) in [6, 6.07) is 0. The number of carbonyl (C=O) groups is 1.